The molecule has 0 bridgehead atoms. The van der Waals surface area contributed by atoms with E-state index in [2.05, 4.69) is 10.3 Å². The van der Waals surface area contributed by atoms with Gasteiger partial charge in [-0.1, -0.05) is 61.8 Å². The number of hydrogen-bond donors (Lipinski definition) is 2. The molecule has 1 aromatic heterocycles. The molecule has 0 saturated heterocycles. The third-order valence-electron chi connectivity index (χ3n) is 6.68. The number of rotatable bonds is 9. The van der Waals surface area contributed by atoms with Crippen LogP contribution in [0.2, 0.25) is 5.02 Å². The van der Waals surface area contributed by atoms with E-state index in [9.17, 15) is 14.0 Å². The molecule has 1 unspecified atom stereocenters. The van der Waals surface area contributed by atoms with Crippen molar-refractivity contribution in [3.8, 4) is 11.1 Å². The van der Waals surface area contributed by atoms with E-state index in [1.807, 2.05) is 38.3 Å². The molecule has 1 amide bonds. The predicted molar refractivity (Wildman–Crippen MR) is 155 cm³/mol. The summed E-state index contributed by atoms with van der Waals surface area (Å²) in [6.07, 6.45) is 3.29. The number of amides is 1. The fourth-order valence-corrected chi connectivity index (χ4v) is 5.32. The lowest BCUT2D eigenvalue weighted by Gasteiger charge is -2.19. The first kappa shape index (κ1) is 28.6. The standard InChI is InChI=1S/C31H29ClF2N2O2S/c1-17(2)19-8-10-20(11-9-19)30(37)29-28(27-18(3)24(33)12-13-25(27)34)23(15-35-29)31(38)36-26(16-39-4)21-6-5-7-22(32)14-21/h5-15,17,26,35H,16H2,1-4H3,(H,36,38). The minimum absolute atomic E-state index is 0.00311. The van der Waals surface area contributed by atoms with Crippen molar-refractivity contribution in [1.29, 1.82) is 0 Å². The molecule has 0 fully saturated rings. The Morgan fingerprint density at radius 3 is 2.31 bits per heavy atom. The summed E-state index contributed by atoms with van der Waals surface area (Å²) in [5.41, 5.74) is 2.17. The SMILES string of the molecule is CSCC(NC(=O)c1c[nH]c(C(=O)c2ccc(C(C)C)cc2)c1-c1c(F)ccc(F)c1C)c1cccc(Cl)c1. The average Bonchev–Trinajstić information content (AvgIpc) is 3.35. The molecule has 0 radical (unpaired) electrons. The molecule has 8 heteroatoms. The van der Waals surface area contributed by atoms with Gasteiger partial charge in [0.1, 0.15) is 11.6 Å². The third kappa shape index (κ3) is 6.10. The second-order valence-corrected chi connectivity index (χ2v) is 11.0. The average molecular weight is 567 g/mol. The van der Waals surface area contributed by atoms with Crippen LogP contribution in [0.3, 0.4) is 0 Å². The van der Waals surface area contributed by atoms with Crippen molar-refractivity contribution >= 4 is 35.1 Å². The zero-order chi connectivity index (χ0) is 28.3. The van der Waals surface area contributed by atoms with Gasteiger partial charge < -0.3 is 10.3 Å². The van der Waals surface area contributed by atoms with Crippen molar-refractivity contribution in [3.05, 3.63) is 117 Å². The molecule has 1 atom stereocenters. The fraction of sp³-hybridized carbons (Fsp3) is 0.226. The van der Waals surface area contributed by atoms with E-state index in [1.165, 1.54) is 24.9 Å². The number of nitrogens with one attached hydrogen (secondary N) is 2. The number of carbonyl (C=O) groups is 2. The molecule has 3 aromatic carbocycles. The minimum Gasteiger partial charge on any atom is -0.357 e. The highest BCUT2D eigenvalue weighted by Gasteiger charge is 2.29. The smallest absolute Gasteiger partial charge is 0.253 e. The van der Waals surface area contributed by atoms with Gasteiger partial charge in [-0.25, -0.2) is 8.78 Å². The maximum atomic E-state index is 15.3. The maximum Gasteiger partial charge on any atom is 0.253 e. The third-order valence-corrected chi connectivity index (χ3v) is 7.58. The molecular formula is C31H29ClF2N2O2S. The minimum atomic E-state index is -0.734. The van der Waals surface area contributed by atoms with Gasteiger partial charge in [0.15, 0.2) is 0 Å². The Balaban J connectivity index is 1.82. The Morgan fingerprint density at radius 2 is 1.67 bits per heavy atom. The van der Waals surface area contributed by atoms with Crippen molar-refractivity contribution in [3.63, 3.8) is 0 Å². The van der Waals surface area contributed by atoms with Crippen LogP contribution in [0, 0.1) is 18.6 Å². The van der Waals surface area contributed by atoms with Crippen LogP contribution < -0.4 is 5.32 Å². The van der Waals surface area contributed by atoms with E-state index in [1.54, 1.807) is 30.3 Å². The van der Waals surface area contributed by atoms with Crippen LogP contribution in [-0.2, 0) is 0 Å². The van der Waals surface area contributed by atoms with Gasteiger partial charge in [-0.3, -0.25) is 9.59 Å². The van der Waals surface area contributed by atoms with E-state index in [0.717, 1.165) is 23.3 Å². The zero-order valence-electron chi connectivity index (χ0n) is 22.1. The van der Waals surface area contributed by atoms with E-state index in [4.69, 9.17) is 11.6 Å². The van der Waals surface area contributed by atoms with Crippen LogP contribution in [0.1, 0.15) is 68.9 Å². The zero-order valence-corrected chi connectivity index (χ0v) is 23.6. The van der Waals surface area contributed by atoms with Gasteiger partial charge in [0.2, 0.25) is 5.78 Å². The molecule has 39 heavy (non-hydrogen) atoms. The second-order valence-electron chi connectivity index (χ2n) is 9.62. The van der Waals surface area contributed by atoms with Crippen molar-refractivity contribution in [2.75, 3.05) is 12.0 Å². The normalized spacial score (nSPS) is 12.0. The monoisotopic (exact) mass is 566 g/mol. The topological polar surface area (TPSA) is 62.0 Å². The highest BCUT2D eigenvalue weighted by Crippen LogP contribution is 2.35. The quantitative estimate of drug-likeness (QED) is 0.201. The van der Waals surface area contributed by atoms with Crippen molar-refractivity contribution in [1.82, 2.24) is 10.3 Å². The Hall–Kier alpha value is -3.42. The molecular weight excluding hydrogens is 538 g/mol. The van der Waals surface area contributed by atoms with Crippen LogP contribution in [0.4, 0.5) is 8.78 Å². The molecule has 0 aliphatic rings. The van der Waals surface area contributed by atoms with Gasteiger partial charge in [-0.05, 0) is 60.1 Å². The summed E-state index contributed by atoms with van der Waals surface area (Å²) in [7, 11) is 0. The number of aromatic amines is 1. The Labute approximate surface area is 236 Å². The lowest BCUT2D eigenvalue weighted by atomic mass is 9.92. The number of hydrogen-bond acceptors (Lipinski definition) is 3. The van der Waals surface area contributed by atoms with E-state index >= 15 is 4.39 Å². The number of thioether (sulfide) groups is 1. The molecule has 1 heterocycles. The van der Waals surface area contributed by atoms with Gasteiger partial charge in [0.25, 0.3) is 5.91 Å². The molecule has 202 valence electrons. The highest BCUT2D eigenvalue weighted by atomic mass is 35.5. The Kier molecular flexibility index (Phi) is 8.93. The highest BCUT2D eigenvalue weighted by molar-refractivity contribution is 7.98. The molecule has 0 aliphatic carbocycles. The van der Waals surface area contributed by atoms with Crippen molar-refractivity contribution < 1.29 is 18.4 Å². The van der Waals surface area contributed by atoms with E-state index < -0.39 is 29.4 Å². The van der Waals surface area contributed by atoms with Crippen molar-refractivity contribution in [2.24, 2.45) is 0 Å². The van der Waals surface area contributed by atoms with Gasteiger partial charge in [0.05, 0.1) is 17.3 Å². The molecule has 0 aliphatic heterocycles. The van der Waals surface area contributed by atoms with Crippen LogP contribution in [0.25, 0.3) is 11.1 Å². The van der Waals surface area contributed by atoms with E-state index in [0.29, 0.717) is 16.3 Å². The van der Waals surface area contributed by atoms with Crippen LogP contribution >= 0.6 is 23.4 Å². The van der Waals surface area contributed by atoms with Gasteiger partial charge in [-0.2, -0.15) is 11.8 Å². The molecule has 0 spiro atoms. The summed E-state index contributed by atoms with van der Waals surface area (Å²) in [4.78, 5) is 30.2. The summed E-state index contributed by atoms with van der Waals surface area (Å²) in [6.45, 7) is 5.53. The van der Waals surface area contributed by atoms with Crippen molar-refractivity contribution in [2.45, 2.75) is 32.7 Å². The summed E-state index contributed by atoms with van der Waals surface area (Å²) in [6, 6.07) is 15.9. The Morgan fingerprint density at radius 1 is 0.974 bits per heavy atom. The largest absolute Gasteiger partial charge is 0.357 e. The number of carbonyl (C=O) groups excluding carboxylic acids is 2. The number of ketones is 1. The fourth-order valence-electron chi connectivity index (χ4n) is 4.51. The summed E-state index contributed by atoms with van der Waals surface area (Å²) in [5.74, 6) is -1.51. The number of H-pyrrole nitrogens is 1. The first-order valence-corrected chi connectivity index (χ1v) is 14.3. The van der Waals surface area contributed by atoms with Crippen LogP contribution in [0.5, 0.6) is 0 Å². The maximum absolute atomic E-state index is 15.3. The first-order valence-electron chi connectivity index (χ1n) is 12.5. The number of aromatic nitrogens is 1. The van der Waals surface area contributed by atoms with Crippen LogP contribution in [0.15, 0.2) is 66.9 Å². The predicted octanol–water partition coefficient (Wildman–Crippen LogP) is 8.11. The summed E-state index contributed by atoms with van der Waals surface area (Å²) in [5, 5.41) is 3.52. The molecule has 4 nitrogen and oxygen atoms in total. The van der Waals surface area contributed by atoms with E-state index in [-0.39, 0.29) is 33.9 Å². The molecule has 4 rings (SSSR count). The van der Waals surface area contributed by atoms with Crippen LogP contribution in [-0.4, -0.2) is 28.7 Å². The van der Waals surface area contributed by atoms with Gasteiger partial charge in [-0.15, -0.1) is 0 Å². The van der Waals surface area contributed by atoms with Gasteiger partial charge >= 0.3 is 0 Å². The molecule has 0 saturated carbocycles. The Bertz CT molecular complexity index is 1520. The second kappa shape index (κ2) is 12.2. The summed E-state index contributed by atoms with van der Waals surface area (Å²) >= 11 is 7.72. The van der Waals surface area contributed by atoms with Gasteiger partial charge in [0, 0.05) is 33.7 Å². The molecule has 4 aromatic rings. The number of halogens is 3. The summed E-state index contributed by atoms with van der Waals surface area (Å²) < 4.78 is 29.9. The molecule has 2 N–H and O–H groups in total. The lowest BCUT2D eigenvalue weighted by Crippen LogP contribution is -2.30. The lowest BCUT2D eigenvalue weighted by molar-refractivity contribution is 0.0941. The number of benzene rings is 3. The first-order chi connectivity index (χ1) is 18.6.